The summed E-state index contributed by atoms with van der Waals surface area (Å²) in [6.45, 7) is 17.5. The van der Waals surface area contributed by atoms with E-state index < -0.39 is 29.5 Å². The second-order valence-electron chi connectivity index (χ2n) is 11.3. The molecule has 1 N–H and O–H groups in total. The average Bonchev–Trinajstić information content (AvgIpc) is 3.51. The Labute approximate surface area is 222 Å². The van der Waals surface area contributed by atoms with Gasteiger partial charge < -0.3 is 24.5 Å². The van der Waals surface area contributed by atoms with Crippen molar-refractivity contribution in [3.8, 4) is 0 Å². The number of hydrogen-bond acceptors (Lipinski definition) is 5. The first-order chi connectivity index (χ1) is 17.7. The molecule has 0 aliphatic carbocycles. The van der Waals surface area contributed by atoms with Crippen LogP contribution in [0.1, 0.15) is 66.2 Å². The van der Waals surface area contributed by atoms with Crippen LogP contribution in [0.3, 0.4) is 0 Å². The van der Waals surface area contributed by atoms with Gasteiger partial charge in [0.25, 0.3) is 0 Å². The van der Waals surface area contributed by atoms with Crippen LogP contribution in [0.2, 0.25) is 0 Å². The number of ether oxygens (including phenoxy) is 1. The predicted octanol–water partition coefficient (Wildman–Crippen LogP) is 3.01. The summed E-state index contributed by atoms with van der Waals surface area (Å²) in [5.41, 5.74) is -1.05. The molecule has 8 heteroatoms. The second-order valence-corrected chi connectivity index (χ2v) is 11.3. The van der Waals surface area contributed by atoms with Gasteiger partial charge in [0, 0.05) is 26.2 Å². The number of carbonyl (C=O) groups is 3. The fourth-order valence-corrected chi connectivity index (χ4v) is 6.76. The van der Waals surface area contributed by atoms with Crippen LogP contribution in [0.5, 0.6) is 0 Å². The van der Waals surface area contributed by atoms with E-state index in [2.05, 4.69) is 20.1 Å². The summed E-state index contributed by atoms with van der Waals surface area (Å²) < 4.78 is 6.60. The molecular formula is C29H47N3O5. The molecule has 6 atom stereocenters. The maximum Gasteiger partial charge on any atom is 0.248 e. The molecule has 0 aromatic carbocycles. The van der Waals surface area contributed by atoms with Crippen molar-refractivity contribution in [2.24, 2.45) is 17.8 Å². The zero-order chi connectivity index (χ0) is 27.3. The van der Waals surface area contributed by atoms with E-state index in [-0.39, 0.29) is 36.4 Å². The highest BCUT2D eigenvalue weighted by molar-refractivity contribution is 5.99. The Kier molecular flexibility index (Phi) is 9.98. The van der Waals surface area contributed by atoms with Crippen molar-refractivity contribution in [3.63, 3.8) is 0 Å². The minimum atomic E-state index is -1.05. The summed E-state index contributed by atoms with van der Waals surface area (Å²) in [4.78, 5) is 47.5. The van der Waals surface area contributed by atoms with E-state index >= 15 is 0 Å². The van der Waals surface area contributed by atoms with Crippen LogP contribution >= 0.6 is 0 Å². The van der Waals surface area contributed by atoms with Gasteiger partial charge in [-0.1, -0.05) is 46.3 Å². The van der Waals surface area contributed by atoms with Gasteiger partial charge in [-0.05, 0) is 38.0 Å². The summed E-state index contributed by atoms with van der Waals surface area (Å²) in [5.74, 6) is -1.65. The fourth-order valence-electron chi connectivity index (χ4n) is 6.76. The quantitative estimate of drug-likeness (QED) is 0.337. The van der Waals surface area contributed by atoms with Gasteiger partial charge in [0.2, 0.25) is 17.7 Å². The third kappa shape index (κ3) is 5.37. The molecule has 208 valence electrons. The lowest BCUT2D eigenvalue weighted by Gasteiger charge is -2.39. The third-order valence-electron chi connectivity index (χ3n) is 8.20. The average molecular weight is 518 g/mol. The van der Waals surface area contributed by atoms with E-state index in [1.54, 1.807) is 26.9 Å². The van der Waals surface area contributed by atoms with Crippen LogP contribution in [-0.4, -0.2) is 94.1 Å². The van der Waals surface area contributed by atoms with Gasteiger partial charge in [-0.15, -0.1) is 13.2 Å². The van der Waals surface area contributed by atoms with Gasteiger partial charge in [-0.2, -0.15) is 0 Å². The van der Waals surface area contributed by atoms with Crippen LogP contribution in [0.4, 0.5) is 0 Å². The molecule has 3 amide bonds. The van der Waals surface area contributed by atoms with Gasteiger partial charge in [0.1, 0.15) is 11.6 Å². The number of carbonyl (C=O) groups excluding carboxylic acids is 3. The summed E-state index contributed by atoms with van der Waals surface area (Å²) >= 11 is 0. The molecule has 2 unspecified atom stereocenters. The van der Waals surface area contributed by atoms with Gasteiger partial charge in [0.15, 0.2) is 0 Å². The highest BCUT2D eigenvalue weighted by Crippen LogP contribution is 2.59. The maximum absolute atomic E-state index is 14.3. The Morgan fingerprint density at radius 3 is 2.32 bits per heavy atom. The molecular weight excluding hydrogens is 470 g/mol. The van der Waals surface area contributed by atoms with Crippen LogP contribution in [-0.2, 0) is 19.1 Å². The molecule has 3 heterocycles. The Balaban J connectivity index is 2.08. The monoisotopic (exact) mass is 517 g/mol. The smallest absolute Gasteiger partial charge is 0.248 e. The van der Waals surface area contributed by atoms with Crippen molar-refractivity contribution in [3.05, 3.63) is 25.3 Å². The number of aliphatic hydroxyl groups excluding tert-OH is 1. The summed E-state index contributed by atoms with van der Waals surface area (Å²) in [6, 6.07) is -1.38. The molecule has 0 aromatic heterocycles. The van der Waals surface area contributed by atoms with Crippen molar-refractivity contribution in [2.75, 3.05) is 32.8 Å². The topological polar surface area (TPSA) is 90.4 Å². The Bertz CT molecular complexity index is 860. The lowest BCUT2D eigenvalue weighted by molar-refractivity contribution is -0.152. The summed E-state index contributed by atoms with van der Waals surface area (Å²) in [5, 5.41) is 10.4. The minimum absolute atomic E-state index is 0.0990. The maximum atomic E-state index is 14.3. The molecule has 0 aromatic rings. The SMILES string of the molecule is C=CCN(CCCC)C(=O)C1N([C@@H](CO)CC(C)C)C(=O)[C@@H]2[C@@H](C(=O)N(CC=C)CCC)[C@H]3CCC12O3. The van der Waals surface area contributed by atoms with E-state index in [1.807, 2.05) is 20.8 Å². The van der Waals surface area contributed by atoms with Gasteiger partial charge in [-0.25, -0.2) is 0 Å². The molecule has 3 fully saturated rings. The number of aliphatic hydroxyl groups is 1. The predicted molar refractivity (Wildman–Crippen MR) is 144 cm³/mol. The van der Waals surface area contributed by atoms with Gasteiger partial charge >= 0.3 is 0 Å². The normalized spacial score (nSPS) is 28.9. The lowest BCUT2D eigenvalue weighted by Crippen LogP contribution is -2.59. The van der Waals surface area contributed by atoms with E-state index in [9.17, 15) is 19.5 Å². The van der Waals surface area contributed by atoms with Crippen LogP contribution < -0.4 is 0 Å². The Morgan fingerprint density at radius 2 is 1.78 bits per heavy atom. The van der Waals surface area contributed by atoms with Crippen LogP contribution in [0.15, 0.2) is 25.3 Å². The zero-order valence-corrected chi connectivity index (χ0v) is 23.2. The van der Waals surface area contributed by atoms with Crippen molar-refractivity contribution in [2.45, 2.75) is 90.0 Å². The molecule has 3 aliphatic heterocycles. The van der Waals surface area contributed by atoms with Crippen molar-refractivity contribution < 1.29 is 24.2 Å². The number of hydrogen-bond donors (Lipinski definition) is 1. The van der Waals surface area contributed by atoms with E-state index in [1.165, 1.54) is 0 Å². The van der Waals surface area contributed by atoms with Crippen LogP contribution in [0, 0.1) is 17.8 Å². The Hall–Kier alpha value is -2.19. The van der Waals surface area contributed by atoms with Gasteiger partial charge in [-0.3, -0.25) is 14.4 Å². The highest BCUT2D eigenvalue weighted by Gasteiger charge is 2.75. The first-order valence-electron chi connectivity index (χ1n) is 14.1. The Morgan fingerprint density at radius 1 is 1.14 bits per heavy atom. The number of amides is 3. The van der Waals surface area contributed by atoms with Crippen molar-refractivity contribution >= 4 is 17.7 Å². The molecule has 3 rings (SSSR count). The minimum Gasteiger partial charge on any atom is -0.394 e. The van der Waals surface area contributed by atoms with E-state index in [0.29, 0.717) is 45.4 Å². The van der Waals surface area contributed by atoms with Crippen LogP contribution in [0.25, 0.3) is 0 Å². The zero-order valence-electron chi connectivity index (χ0n) is 23.2. The largest absolute Gasteiger partial charge is 0.394 e. The number of unbranched alkanes of at least 4 members (excludes halogenated alkanes) is 1. The first kappa shape index (κ1) is 29.4. The molecule has 1 spiro atoms. The van der Waals surface area contributed by atoms with Crippen molar-refractivity contribution in [1.29, 1.82) is 0 Å². The number of fused-ring (bicyclic) bond motifs is 1. The fraction of sp³-hybridized carbons (Fsp3) is 0.759. The van der Waals surface area contributed by atoms with Crippen molar-refractivity contribution in [1.82, 2.24) is 14.7 Å². The molecule has 3 aliphatic rings. The number of rotatable bonds is 15. The molecule has 2 bridgehead atoms. The highest BCUT2D eigenvalue weighted by atomic mass is 16.5. The molecule has 0 saturated carbocycles. The summed E-state index contributed by atoms with van der Waals surface area (Å²) in [6.07, 6.45) is 7.34. The standard InChI is InChI=1S/C29H47N3O5/c1-7-11-17-31(16-10-4)28(36)25-29-13-12-22(37-29)23(26(34)30(14-8-2)15-9-3)24(29)27(35)32(25)21(19-33)18-20(5)6/h8,10,20-25,33H,2,4,7,9,11-19H2,1,3,5-6H3/t21-,22-,23+,24+,25?,29?/m1/s1. The molecule has 37 heavy (non-hydrogen) atoms. The lowest BCUT2D eigenvalue weighted by atomic mass is 9.70. The number of likely N-dealkylation sites (tertiary alicyclic amines) is 1. The van der Waals surface area contributed by atoms with E-state index in [0.717, 1.165) is 19.3 Å². The van der Waals surface area contributed by atoms with E-state index in [4.69, 9.17) is 4.74 Å². The summed E-state index contributed by atoms with van der Waals surface area (Å²) in [7, 11) is 0. The third-order valence-corrected chi connectivity index (χ3v) is 8.20. The molecule has 3 saturated heterocycles. The number of nitrogens with zero attached hydrogens (tertiary/aromatic N) is 3. The first-order valence-corrected chi connectivity index (χ1v) is 14.1. The molecule has 8 nitrogen and oxygen atoms in total. The molecule has 0 radical (unpaired) electrons. The van der Waals surface area contributed by atoms with Gasteiger partial charge in [0.05, 0.1) is 30.6 Å². The second kappa shape index (κ2) is 12.6.